The van der Waals surface area contributed by atoms with Gasteiger partial charge in [0.1, 0.15) is 5.82 Å². The Labute approximate surface area is 211 Å². The largest absolute Gasteiger partial charge is 0.353 e. The molecule has 0 spiro atoms. The van der Waals surface area contributed by atoms with Gasteiger partial charge in [0.15, 0.2) is 0 Å². The van der Waals surface area contributed by atoms with Crippen molar-refractivity contribution in [1.29, 1.82) is 0 Å². The molecule has 1 aromatic carbocycles. The molecule has 0 radical (unpaired) electrons. The number of nitrogens with one attached hydrogen (secondary N) is 1. The van der Waals surface area contributed by atoms with Crippen LogP contribution < -0.4 is 15.1 Å². The predicted octanol–water partition coefficient (Wildman–Crippen LogP) is 3.88. The van der Waals surface area contributed by atoms with Gasteiger partial charge in [0.2, 0.25) is 17.8 Å². The molecule has 35 heavy (non-hydrogen) atoms. The van der Waals surface area contributed by atoms with E-state index < -0.39 is 0 Å². The van der Waals surface area contributed by atoms with Crippen molar-refractivity contribution in [3.63, 3.8) is 0 Å². The van der Waals surface area contributed by atoms with Crippen molar-refractivity contribution in [2.75, 3.05) is 47.8 Å². The second-order valence-electron chi connectivity index (χ2n) is 9.86. The minimum Gasteiger partial charge on any atom is -0.353 e. The second kappa shape index (κ2) is 10.4. The minimum absolute atomic E-state index is 0.0150. The molecule has 5 rings (SSSR count). The summed E-state index contributed by atoms with van der Waals surface area (Å²) in [6.07, 6.45) is 6.43. The van der Waals surface area contributed by atoms with Crippen LogP contribution in [0.15, 0.2) is 30.3 Å². The summed E-state index contributed by atoms with van der Waals surface area (Å²) in [5.74, 6) is 1.36. The van der Waals surface area contributed by atoms with Gasteiger partial charge in [0.05, 0.1) is 5.92 Å². The molecule has 1 saturated carbocycles. The molecule has 2 saturated heterocycles. The van der Waals surface area contributed by atoms with E-state index in [1.54, 1.807) is 17.0 Å². The molecule has 2 aromatic rings. The molecule has 1 N–H and O–H groups in total. The van der Waals surface area contributed by atoms with E-state index in [0.717, 1.165) is 17.2 Å². The normalized spacial score (nSPS) is 21.5. The lowest BCUT2D eigenvalue weighted by molar-refractivity contribution is -0.136. The maximum atomic E-state index is 13.2. The maximum Gasteiger partial charge on any atom is 0.228 e. The van der Waals surface area contributed by atoms with Crippen LogP contribution >= 0.6 is 11.6 Å². The van der Waals surface area contributed by atoms with Gasteiger partial charge in [-0.1, -0.05) is 30.9 Å². The van der Waals surface area contributed by atoms with Gasteiger partial charge in [0.25, 0.3) is 0 Å². The summed E-state index contributed by atoms with van der Waals surface area (Å²) < 4.78 is 0. The number of carbonyl (C=O) groups is 2. The summed E-state index contributed by atoms with van der Waals surface area (Å²) in [6, 6.07) is 9.66. The third-order valence-corrected chi connectivity index (χ3v) is 7.56. The van der Waals surface area contributed by atoms with Gasteiger partial charge in [-0.3, -0.25) is 9.59 Å². The first kappa shape index (κ1) is 23.9. The van der Waals surface area contributed by atoms with E-state index in [2.05, 4.69) is 15.2 Å². The Kier molecular flexibility index (Phi) is 7.09. The summed E-state index contributed by atoms with van der Waals surface area (Å²) in [5.41, 5.74) is 1.73. The summed E-state index contributed by atoms with van der Waals surface area (Å²) in [6.45, 7) is 5.10. The first-order chi connectivity index (χ1) is 17.0. The molecule has 1 unspecified atom stereocenters. The van der Waals surface area contributed by atoms with Crippen molar-refractivity contribution in [1.82, 2.24) is 14.9 Å². The Bertz CT molecular complexity index is 1060. The number of anilines is 3. The molecule has 2 amide bonds. The number of hydrogen-bond donors (Lipinski definition) is 1. The number of hydrogen-bond acceptors (Lipinski definition) is 6. The van der Waals surface area contributed by atoms with Crippen molar-refractivity contribution in [3.05, 3.63) is 41.0 Å². The van der Waals surface area contributed by atoms with E-state index >= 15 is 0 Å². The van der Waals surface area contributed by atoms with Gasteiger partial charge in [-0.15, -0.1) is 0 Å². The van der Waals surface area contributed by atoms with Gasteiger partial charge in [-0.05, 0) is 44.0 Å². The molecule has 3 fully saturated rings. The standard InChI is InChI=1S/C26H33ClN6O2/c1-18-15-23(30-26(28-18)29-21-5-3-2-4-6-21)31-11-13-32(14-12-31)25(35)19-16-24(34)33(17-19)22-9-7-20(27)8-10-22/h7-10,15,19,21H,2-6,11-14,16-17H2,1H3,(H,28,29,30). The molecule has 0 bridgehead atoms. The van der Waals surface area contributed by atoms with Crippen molar-refractivity contribution in [2.45, 2.75) is 51.5 Å². The van der Waals surface area contributed by atoms with Crippen molar-refractivity contribution < 1.29 is 9.59 Å². The average Bonchev–Trinajstić information content (AvgIpc) is 3.26. The molecule has 1 aliphatic carbocycles. The van der Waals surface area contributed by atoms with E-state index in [0.29, 0.717) is 49.7 Å². The highest BCUT2D eigenvalue weighted by Gasteiger charge is 2.38. The highest BCUT2D eigenvalue weighted by molar-refractivity contribution is 6.30. The quantitative estimate of drug-likeness (QED) is 0.676. The number of carbonyl (C=O) groups excluding carboxylic acids is 2. The zero-order valence-electron chi connectivity index (χ0n) is 20.3. The van der Waals surface area contributed by atoms with Crippen LogP contribution in [0.3, 0.4) is 0 Å². The molecular weight excluding hydrogens is 464 g/mol. The van der Waals surface area contributed by atoms with Crippen LogP contribution in [0.25, 0.3) is 0 Å². The smallest absolute Gasteiger partial charge is 0.228 e. The number of aryl methyl sites for hydroxylation is 1. The first-order valence-electron chi connectivity index (χ1n) is 12.7. The van der Waals surface area contributed by atoms with Gasteiger partial charge in [-0.25, -0.2) is 4.98 Å². The zero-order valence-corrected chi connectivity index (χ0v) is 21.0. The van der Waals surface area contributed by atoms with E-state index in [1.807, 2.05) is 30.0 Å². The average molecular weight is 497 g/mol. The Morgan fingerprint density at radius 2 is 1.74 bits per heavy atom. The number of piperazine rings is 1. The van der Waals surface area contributed by atoms with Crippen LogP contribution in [0, 0.1) is 12.8 Å². The SMILES string of the molecule is Cc1cc(N2CCN(C(=O)C3CC(=O)N(c4ccc(Cl)cc4)C3)CC2)nc(NC2CCCCC2)n1. The van der Waals surface area contributed by atoms with Gasteiger partial charge < -0.3 is 20.0 Å². The molecule has 3 aliphatic rings. The fourth-order valence-electron chi connectivity index (χ4n) is 5.37. The number of nitrogens with zero attached hydrogens (tertiary/aromatic N) is 5. The van der Waals surface area contributed by atoms with Crippen LogP contribution in [-0.2, 0) is 9.59 Å². The Hall–Kier alpha value is -2.87. The van der Waals surface area contributed by atoms with Crippen LogP contribution in [0.2, 0.25) is 5.02 Å². The Morgan fingerprint density at radius 1 is 1.03 bits per heavy atom. The van der Waals surface area contributed by atoms with Gasteiger partial charge in [0, 0.05) is 67.7 Å². The number of benzene rings is 1. The third-order valence-electron chi connectivity index (χ3n) is 7.31. The molecule has 1 atom stereocenters. The Balaban J connectivity index is 1.18. The van der Waals surface area contributed by atoms with E-state index in [-0.39, 0.29) is 24.2 Å². The number of halogens is 1. The van der Waals surface area contributed by atoms with E-state index in [4.69, 9.17) is 16.6 Å². The molecule has 1 aromatic heterocycles. The minimum atomic E-state index is -0.308. The molecule has 8 nitrogen and oxygen atoms in total. The molecule has 2 aliphatic heterocycles. The fraction of sp³-hybridized carbons (Fsp3) is 0.538. The van der Waals surface area contributed by atoms with Crippen LogP contribution in [0.4, 0.5) is 17.5 Å². The molecule has 186 valence electrons. The predicted molar refractivity (Wildman–Crippen MR) is 138 cm³/mol. The lowest BCUT2D eigenvalue weighted by Crippen LogP contribution is -2.51. The topological polar surface area (TPSA) is 81.7 Å². The number of aromatic nitrogens is 2. The summed E-state index contributed by atoms with van der Waals surface area (Å²) in [7, 11) is 0. The number of amides is 2. The summed E-state index contributed by atoms with van der Waals surface area (Å²) >= 11 is 5.97. The van der Waals surface area contributed by atoms with Crippen LogP contribution in [-0.4, -0.2) is 65.4 Å². The van der Waals surface area contributed by atoms with Crippen LogP contribution in [0.1, 0.15) is 44.2 Å². The summed E-state index contributed by atoms with van der Waals surface area (Å²) in [4.78, 5) is 41.0. The first-order valence-corrected chi connectivity index (χ1v) is 13.1. The summed E-state index contributed by atoms with van der Waals surface area (Å²) in [5, 5.41) is 4.16. The van der Waals surface area contributed by atoms with E-state index in [9.17, 15) is 9.59 Å². The van der Waals surface area contributed by atoms with E-state index in [1.165, 1.54) is 32.1 Å². The monoisotopic (exact) mass is 496 g/mol. The molecule has 9 heteroatoms. The fourth-order valence-corrected chi connectivity index (χ4v) is 5.49. The van der Waals surface area contributed by atoms with Crippen molar-refractivity contribution in [3.8, 4) is 0 Å². The van der Waals surface area contributed by atoms with Crippen LogP contribution in [0.5, 0.6) is 0 Å². The maximum absolute atomic E-state index is 13.2. The van der Waals surface area contributed by atoms with Crippen molar-refractivity contribution >= 4 is 40.9 Å². The highest BCUT2D eigenvalue weighted by Crippen LogP contribution is 2.28. The van der Waals surface area contributed by atoms with Gasteiger partial charge >= 0.3 is 0 Å². The van der Waals surface area contributed by atoms with Crippen molar-refractivity contribution in [2.24, 2.45) is 5.92 Å². The molecular formula is C26H33ClN6O2. The van der Waals surface area contributed by atoms with Gasteiger partial charge in [-0.2, -0.15) is 4.98 Å². The highest BCUT2D eigenvalue weighted by atomic mass is 35.5. The third kappa shape index (κ3) is 5.53. The zero-order chi connectivity index (χ0) is 24.4. The lowest BCUT2D eigenvalue weighted by atomic mass is 9.96. The lowest BCUT2D eigenvalue weighted by Gasteiger charge is -2.36. The number of rotatable bonds is 5. The second-order valence-corrected chi connectivity index (χ2v) is 10.3. The molecule has 3 heterocycles. The Morgan fingerprint density at radius 3 is 2.46 bits per heavy atom.